The lowest BCUT2D eigenvalue weighted by molar-refractivity contribution is -0.116. The van der Waals surface area contributed by atoms with E-state index in [1.807, 2.05) is 13.0 Å². The molecule has 1 saturated heterocycles. The highest BCUT2D eigenvalue weighted by atomic mass is 32.2. The van der Waals surface area contributed by atoms with E-state index in [-0.39, 0.29) is 16.0 Å². The van der Waals surface area contributed by atoms with Crippen molar-refractivity contribution < 1.29 is 18.0 Å². The summed E-state index contributed by atoms with van der Waals surface area (Å²) >= 11 is 0.870. The van der Waals surface area contributed by atoms with Crippen LogP contribution in [-0.2, 0) is 14.8 Å². The van der Waals surface area contributed by atoms with Crippen molar-refractivity contribution in [1.82, 2.24) is 0 Å². The number of imide groups is 1. The molecular weight excluding hydrogens is 362 g/mol. The molecule has 9 heteroatoms. The molecule has 130 valence electrons. The van der Waals surface area contributed by atoms with Crippen molar-refractivity contribution in [2.45, 2.75) is 17.2 Å². The van der Waals surface area contributed by atoms with Gasteiger partial charge in [0, 0.05) is 5.69 Å². The number of amides is 2. The van der Waals surface area contributed by atoms with E-state index in [1.165, 1.54) is 24.3 Å². The minimum absolute atomic E-state index is 0.0269. The summed E-state index contributed by atoms with van der Waals surface area (Å²) in [5, 5.41) is 6.83. The quantitative estimate of drug-likeness (QED) is 0.846. The number of thioether (sulfide) groups is 1. The number of nitrogens with zero attached hydrogens (tertiary/aromatic N) is 1. The second-order valence-electron chi connectivity index (χ2n) is 5.49. The number of carbonyl (C=O) groups excluding carboxylic acids is 2. The van der Waals surface area contributed by atoms with Gasteiger partial charge in [0.2, 0.25) is 10.0 Å². The minimum atomic E-state index is -3.78. The smallest absolute Gasteiger partial charge is 0.295 e. The number of anilines is 2. The first-order chi connectivity index (χ1) is 11.8. The molecule has 0 bridgehead atoms. The van der Waals surface area contributed by atoms with Gasteiger partial charge in [-0.2, -0.15) is 0 Å². The van der Waals surface area contributed by atoms with Crippen molar-refractivity contribution in [1.29, 1.82) is 0 Å². The third kappa shape index (κ3) is 3.68. The van der Waals surface area contributed by atoms with Gasteiger partial charge in [-0.1, -0.05) is 12.1 Å². The lowest BCUT2D eigenvalue weighted by Gasteiger charge is -2.15. The molecule has 0 aliphatic carbocycles. The minimum Gasteiger partial charge on any atom is -0.365 e. The number of carbonyl (C=O) groups is 2. The molecule has 0 spiro atoms. The summed E-state index contributed by atoms with van der Waals surface area (Å²) in [6, 6.07) is 12.8. The molecule has 0 unspecified atom stereocenters. The van der Waals surface area contributed by atoms with Gasteiger partial charge in [0.1, 0.15) is 0 Å². The first-order valence-electron chi connectivity index (χ1n) is 7.26. The summed E-state index contributed by atoms with van der Waals surface area (Å²) in [5.41, 5.74) is 1.98. The summed E-state index contributed by atoms with van der Waals surface area (Å²) in [7, 11) is -3.78. The molecule has 2 aromatic rings. The lowest BCUT2D eigenvalue weighted by atomic mass is 10.2. The molecule has 0 aromatic heterocycles. The Morgan fingerprint density at radius 2 is 1.80 bits per heavy atom. The fourth-order valence-corrected chi connectivity index (χ4v) is 3.81. The number of sulfonamides is 1. The predicted octanol–water partition coefficient (Wildman–Crippen LogP) is 2.28. The largest absolute Gasteiger partial charge is 0.365 e. The molecule has 3 rings (SSSR count). The van der Waals surface area contributed by atoms with Gasteiger partial charge in [-0.15, -0.1) is 0 Å². The average Bonchev–Trinajstić information content (AvgIpc) is 2.81. The summed E-state index contributed by atoms with van der Waals surface area (Å²) in [5.74, 6) is -0.379. The van der Waals surface area contributed by atoms with Gasteiger partial charge >= 0.3 is 0 Å². The molecule has 1 aliphatic heterocycles. The number of hydrogen-bond donors (Lipinski definition) is 2. The first kappa shape index (κ1) is 17.5. The fraction of sp³-hybridized carbons (Fsp3) is 0.125. The second kappa shape index (κ2) is 6.51. The van der Waals surface area contributed by atoms with E-state index in [0.717, 1.165) is 22.2 Å². The molecule has 1 atom stereocenters. The molecule has 1 heterocycles. The van der Waals surface area contributed by atoms with Crippen LogP contribution in [0.25, 0.3) is 0 Å². The number of benzene rings is 2. The van der Waals surface area contributed by atoms with Crippen LogP contribution in [0.4, 0.5) is 16.2 Å². The number of nitrogens with two attached hydrogens (primary N) is 1. The van der Waals surface area contributed by atoms with Gasteiger partial charge in [-0.25, -0.2) is 18.5 Å². The highest BCUT2D eigenvalue weighted by Gasteiger charge is 2.40. The Kier molecular flexibility index (Phi) is 4.55. The van der Waals surface area contributed by atoms with E-state index >= 15 is 0 Å². The average molecular weight is 377 g/mol. The lowest BCUT2D eigenvalue weighted by Crippen LogP contribution is -2.34. The Hall–Kier alpha value is -2.36. The molecule has 0 saturated carbocycles. The van der Waals surface area contributed by atoms with Crippen LogP contribution in [0.5, 0.6) is 0 Å². The zero-order chi connectivity index (χ0) is 18.2. The highest BCUT2D eigenvalue weighted by molar-refractivity contribution is 8.16. The number of nitrogens with one attached hydrogen (secondary N) is 1. The van der Waals surface area contributed by atoms with Crippen molar-refractivity contribution >= 4 is 44.3 Å². The van der Waals surface area contributed by atoms with E-state index in [9.17, 15) is 18.0 Å². The molecule has 25 heavy (non-hydrogen) atoms. The van der Waals surface area contributed by atoms with Crippen molar-refractivity contribution in [3.05, 3.63) is 54.1 Å². The van der Waals surface area contributed by atoms with Crippen LogP contribution in [0, 0.1) is 6.92 Å². The molecule has 2 aromatic carbocycles. The molecule has 7 nitrogen and oxygen atoms in total. The van der Waals surface area contributed by atoms with Crippen molar-refractivity contribution in [2.24, 2.45) is 5.14 Å². The molecule has 1 fully saturated rings. The van der Waals surface area contributed by atoms with Crippen LogP contribution in [0.1, 0.15) is 5.56 Å². The van der Waals surface area contributed by atoms with Crippen molar-refractivity contribution in [3.8, 4) is 0 Å². The van der Waals surface area contributed by atoms with E-state index in [4.69, 9.17) is 5.14 Å². The van der Waals surface area contributed by atoms with Crippen LogP contribution in [0.3, 0.4) is 0 Å². The summed E-state index contributed by atoms with van der Waals surface area (Å²) in [4.78, 5) is 25.9. The molecule has 2 amide bonds. The van der Waals surface area contributed by atoms with Gasteiger partial charge < -0.3 is 5.32 Å². The zero-order valence-electron chi connectivity index (χ0n) is 13.2. The van der Waals surface area contributed by atoms with Crippen molar-refractivity contribution in [3.63, 3.8) is 0 Å². The number of rotatable bonds is 4. The molecule has 1 aliphatic rings. The number of primary sulfonamides is 1. The molecular formula is C16H15N3O4S2. The summed E-state index contributed by atoms with van der Waals surface area (Å²) in [6.45, 7) is 1.88. The highest BCUT2D eigenvalue weighted by Crippen LogP contribution is 2.32. The normalized spacial score (nSPS) is 17.8. The van der Waals surface area contributed by atoms with E-state index in [1.54, 1.807) is 18.2 Å². The van der Waals surface area contributed by atoms with Gasteiger partial charge in [-0.3, -0.25) is 9.59 Å². The van der Waals surface area contributed by atoms with Gasteiger partial charge in [0.15, 0.2) is 5.37 Å². The van der Waals surface area contributed by atoms with Crippen LogP contribution >= 0.6 is 11.8 Å². The van der Waals surface area contributed by atoms with Crippen LogP contribution in [0.2, 0.25) is 0 Å². The third-order valence-corrected chi connectivity index (χ3v) is 5.46. The second-order valence-corrected chi connectivity index (χ2v) is 8.11. The van der Waals surface area contributed by atoms with E-state index < -0.39 is 15.4 Å². The Morgan fingerprint density at radius 1 is 1.12 bits per heavy atom. The number of hydrogen-bond acceptors (Lipinski definition) is 6. The fourth-order valence-electron chi connectivity index (χ4n) is 2.39. The molecule has 0 radical (unpaired) electrons. The van der Waals surface area contributed by atoms with E-state index in [0.29, 0.717) is 11.4 Å². The Labute approximate surface area is 149 Å². The molecule has 3 N–H and O–H groups in total. The van der Waals surface area contributed by atoms with Gasteiger partial charge in [0.05, 0.1) is 10.6 Å². The maximum atomic E-state index is 12.6. The zero-order valence-corrected chi connectivity index (χ0v) is 14.8. The maximum Gasteiger partial charge on any atom is 0.295 e. The Balaban J connectivity index is 1.78. The predicted molar refractivity (Wildman–Crippen MR) is 96.9 cm³/mol. The Morgan fingerprint density at radius 3 is 2.40 bits per heavy atom. The van der Waals surface area contributed by atoms with Crippen LogP contribution in [0.15, 0.2) is 53.4 Å². The SMILES string of the molecule is Cc1cccc(N2C(=O)S[C@@H](Nc3ccc(S(N)(=O)=O)cc3)C2=O)c1. The van der Waals surface area contributed by atoms with Crippen molar-refractivity contribution in [2.75, 3.05) is 10.2 Å². The Bertz CT molecular complexity index is 942. The number of aryl methyl sites for hydroxylation is 1. The van der Waals surface area contributed by atoms with Gasteiger partial charge in [-0.05, 0) is 60.6 Å². The van der Waals surface area contributed by atoms with Crippen LogP contribution < -0.4 is 15.4 Å². The van der Waals surface area contributed by atoms with Gasteiger partial charge in [0.25, 0.3) is 11.1 Å². The third-order valence-electron chi connectivity index (χ3n) is 3.59. The van der Waals surface area contributed by atoms with E-state index in [2.05, 4.69) is 5.32 Å². The van der Waals surface area contributed by atoms with Crippen LogP contribution in [-0.4, -0.2) is 24.9 Å². The topological polar surface area (TPSA) is 110 Å². The monoisotopic (exact) mass is 377 g/mol. The summed E-state index contributed by atoms with van der Waals surface area (Å²) in [6.07, 6.45) is 0. The summed E-state index contributed by atoms with van der Waals surface area (Å²) < 4.78 is 22.5. The first-order valence-corrected chi connectivity index (χ1v) is 9.69. The standard InChI is InChI=1S/C16H15N3O4S2/c1-10-3-2-4-12(9-10)19-15(20)14(24-16(19)21)18-11-5-7-13(8-6-11)25(17,22)23/h2-9,14,18H,1H3,(H2,17,22,23)/t14-/m1/s1. The maximum absolute atomic E-state index is 12.6.